The SMILES string of the molecule is N=C(N)C(N)(CN)C(=O)O. The average molecular weight is 146 g/mol. The fraction of sp³-hybridized carbons (Fsp3) is 0.500. The van der Waals surface area contributed by atoms with Gasteiger partial charge in [0.15, 0.2) is 5.54 Å². The zero-order valence-electron chi connectivity index (χ0n) is 5.29. The fourth-order valence-electron chi connectivity index (χ4n) is 0.312. The zero-order valence-corrected chi connectivity index (χ0v) is 5.29. The summed E-state index contributed by atoms with van der Waals surface area (Å²) in [4.78, 5) is 10.3. The van der Waals surface area contributed by atoms with Crippen LogP contribution in [0.3, 0.4) is 0 Å². The predicted octanol–water partition coefficient (Wildman–Crippen LogP) is -2.34. The van der Waals surface area contributed by atoms with Gasteiger partial charge in [0.1, 0.15) is 5.84 Å². The van der Waals surface area contributed by atoms with Gasteiger partial charge in [0.25, 0.3) is 0 Å². The topological polar surface area (TPSA) is 139 Å². The molecule has 0 aromatic heterocycles. The van der Waals surface area contributed by atoms with Crippen LogP contribution in [0.1, 0.15) is 0 Å². The number of amidine groups is 1. The van der Waals surface area contributed by atoms with Gasteiger partial charge in [-0.1, -0.05) is 0 Å². The van der Waals surface area contributed by atoms with Gasteiger partial charge in [-0.05, 0) is 0 Å². The molecule has 0 fully saturated rings. The molecule has 6 nitrogen and oxygen atoms in total. The Bertz CT molecular complexity index is 153. The number of aliphatic carboxylic acids is 1. The highest BCUT2D eigenvalue weighted by molar-refractivity contribution is 6.07. The molecule has 0 saturated heterocycles. The first-order valence-electron chi connectivity index (χ1n) is 2.52. The average Bonchev–Trinajstić information content (AvgIpc) is 1.85. The quantitative estimate of drug-likeness (QED) is 0.224. The van der Waals surface area contributed by atoms with Gasteiger partial charge in [0.05, 0.1) is 0 Å². The summed E-state index contributed by atoms with van der Waals surface area (Å²) >= 11 is 0. The van der Waals surface area contributed by atoms with E-state index in [-0.39, 0.29) is 6.54 Å². The Hall–Kier alpha value is -1.14. The smallest absolute Gasteiger partial charge is 0.332 e. The molecule has 0 aliphatic heterocycles. The standard InChI is InChI=1S/C4H10N4O2/c5-1-4(8,2(6)7)3(9)10/h1,5,8H2,(H3,6,7)(H,9,10). The highest BCUT2D eigenvalue weighted by Crippen LogP contribution is 1.95. The van der Waals surface area contributed by atoms with Crippen LogP contribution in [-0.2, 0) is 4.79 Å². The summed E-state index contributed by atoms with van der Waals surface area (Å²) in [6.07, 6.45) is 0. The molecular formula is C4H10N4O2. The molecule has 0 saturated carbocycles. The van der Waals surface area contributed by atoms with E-state index >= 15 is 0 Å². The minimum atomic E-state index is -1.90. The minimum absolute atomic E-state index is 0.377. The summed E-state index contributed by atoms with van der Waals surface area (Å²) in [5.41, 5.74) is 13.1. The molecule has 0 aromatic carbocycles. The molecule has 1 unspecified atom stereocenters. The summed E-state index contributed by atoms with van der Waals surface area (Å²) in [6.45, 7) is -0.377. The maximum Gasteiger partial charge on any atom is 0.332 e. The Balaban J connectivity index is 4.55. The first-order valence-corrected chi connectivity index (χ1v) is 2.52. The van der Waals surface area contributed by atoms with Gasteiger partial charge in [0.2, 0.25) is 0 Å². The highest BCUT2D eigenvalue weighted by Gasteiger charge is 2.35. The second-order valence-corrected chi connectivity index (χ2v) is 1.89. The number of nitrogens with one attached hydrogen (secondary N) is 1. The van der Waals surface area contributed by atoms with Crippen LogP contribution in [0.2, 0.25) is 0 Å². The van der Waals surface area contributed by atoms with Crippen molar-refractivity contribution in [2.24, 2.45) is 17.2 Å². The number of carbonyl (C=O) groups is 1. The maximum absolute atomic E-state index is 10.3. The molecule has 1 atom stereocenters. The van der Waals surface area contributed by atoms with Crippen molar-refractivity contribution in [3.63, 3.8) is 0 Å². The first kappa shape index (κ1) is 8.86. The van der Waals surface area contributed by atoms with Crippen molar-refractivity contribution in [3.05, 3.63) is 0 Å². The van der Waals surface area contributed by atoms with Crippen LogP contribution in [0.5, 0.6) is 0 Å². The number of rotatable bonds is 3. The van der Waals surface area contributed by atoms with E-state index in [0.717, 1.165) is 0 Å². The van der Waals surface area contributed by atoms with Gasteiger partial charge >= 0.3 is 5.97 Å². The second-order valence-electron chi connectivity index (χ2n) is 1.89. The molecule has 0 bridgehead atoms. The molecule has 0 aliphatic rings. The van der Waals surface area contributed by atoms with Crippen molar-refractivity contribution in [2.45, 2.75) is 5.54 Å². The Morgan fingerprint density at radius 1 is 1.70 bits per heavy atom. The van der Waals surface area contributed by atoms with Gasteiger partial charge in [-0.3, -0.25) is 5.41 Å². The van der Waals surface area contributed by atoms with Crippen molar-refractivity contribution in [3.8, 4) is 0 Å². The molecule has 6 heteroatoms. The third kappa shape index (κ3) is 1.23. The Labute approximate surface area is 57.5 Å². The van der Waals surface area contributed by atoms with Crippen LogP contribution >= 0.6 is 0 Å². The Kier molecular flexibility index (Phi) is 2.33. The Morgan fingerprint density at radius 2 is 2.10 bits per heavy atom. The van der Waals surface area contributed by atoms with Gasteiger partial charge in [-0.25, -0.2) is 4.79 Å². The number of hydrogen-bond acceptors (Lipinski definition) is 4. The van der Waals surface area contributed by atoms with Crippen molar-refractivity contribution >= 4 is 11.8 Å². The normalized spacial score (nSPS) is 15.8. The summed E-state index contributed by atoms with van der Waals surface area (Å²) in [6, 6.07) is 0. The van der Waals surface area contributed by atoms with Crippen LogP contribution in [0.25, 0.3) is 0 Å². The molecule has 58 valence electrons. The van der Waals surface area contributed by atoms with E-state index in [9.17, 15) is 4.79 Å². The van der Waals surface area contributed by atoms with E-state index in [1.54, 1.807) is 0 Å². The summed E-state index contributed by atoms with van der Waals surface area (Å²) in [7, 11) is 0. The molecule has 0 radical (unpaired) electrons. The van der Waals surface area contributed by atoms with E-state index in [4.69, 9.17) is 27.7 Å². The first-order chi connectivity index (χ1) is 4.45. The molecule has 10 heavy (non-hydrogen) atoms. The molecule has 0 spiro atoms. The molecule has 0 amide bonds. The summed E-state index contributed by atoms with van der Waals surface area (Å²) < 4.78 is 0. The molecular weight excluding hydrogens is 136 g/mol. The third-order valence-electron chi connectivity index (χ3n) is 1.18. The second kappa shape index (κ2) is 2.63. The lowest BCUT2D eigenvalue weighted by molar-refractivity contribution is -0.140. The van der Waals surface area contributed by atoms with Crippen molar-refractivity contribution in [1.82, 2.24) is 0 Å². The molecule has 0 rings (SSSR count). The van der Waals surface area contributed by atoms with Gasteiger partial charge in [-0.2, -0.15) is 0 Å². The van der Waals surface area contributed by atoms with Gasteiger partial charge in [0, 0.05) is 6.54 Å². The van der Waals surface area contributed by atoms with Gasteiger partial charge < -0.3 is 22.3 Å². The number of hydrogen-bond donors (Lipinski definition) is 5. The van der Waals surface area contributed by atoms with E-state index in [1.165, 1.54) is 0 Å². The van der Waals surface area contributed by atoms with E-state index in [2.05, 4.69) is 0 Å². The lowest BCUT2D eigenvalue weighted by atomic mass is 10.0. The lowest BCUT2D eigenvalue weighted by Gasteiger charge is -2.19. The van der Waals surface area contributed by atoms with Crippen LogP contribution in [0.4, 0.5) is 0 Å². The zero-order chi connectivity index (χ0) is 8.36. The highest BCUT2D eigenvalue weighted by atomic mass is 16.4. The summed E-state index contributed by atoms with van der Waals surface area (Å²) in [5, 5.41) is 15.1. The van der Waals surface area contributed by atoms with E-state index in [1.807, 2.05) is 0 Å². The van der Waals surface area contributed by atoms with Crippen molar-refractivity contribution < 1.29 is 9.90 Å². The fourth-order valence-corrected chi connectivity index (χ4v) is 0.312. The number of carboxylic acid groups (broad SMARTS) is 1. The number of nitrogens with two attached hydrogens (primary N) is 3. The van der Waals surface area contributed by atoms with E-state index in [0.29, 0.717) is 0 Å². The van der Waals surface area contributed by atoms with E-state index < -0.39 is 17.3 Å². The van der Waals surface area contributed by atoms with Crippen LogP contribution in [-0.4, -0.2) is 29.0 Å². The molecule has 0 aliphatic carbocycles. The van der Waals surface area contributed by atoms with Crippen LogP contribution in [0, 0.1) is 5.41 Å². The third-order valence-corrected chi connectivity index (χ3v) is 1.18. The maximum atomic E-state index is 10.3. The monoisotopic (exact) mass is 146 g/mol. The minimum Gasteiger partial charge on any atom is -0.479 e. The van der Waals surface area contributed by atoms with Crippen LogP contribution in [0.15, 0.2) is 0 Å². The molecule has 0 aromatic rings. The van der Waals surface area contributed by atoms with Crippen molar-refractivity contribution in [2.75, 3.05) is 6.54 Å². The van der Waals surface area contributed by atoms with Crippen molar-refractivity contribution in [1.29, 1.82) is 5.41 Å². The molecule has 8 N–H and O–H groups in total. The van der Waals surface area contributed by atoms with Gasteiger partial charge in [-0.15, -0.1) is 0 Å². The number of carboxylic acids is 1. The Morgan fingerprint density at radius 3 is 2.10 bits per heavy atom. The molecule has 0 heterocycles. The largest absolute Gasteiger partial charge is 0.479 e. The lowest BCUT2D eigenvalue weighted by Crippen LogP contribution is -2.62. The van der Waals surface area contributed by atoms with Crippen LogP contribution < -0.4 is 17.2 Å². The summed E-state index contributed by atoms with van der Waals surface area (Å²) in [5.74, 6) is -2.02. The predicted molar refractivity (Wildman–Crippen MR) is 35.5 cm³/mol.